The van der Waals surface area contributed by atoms with Crippen LogP contribution in [0.5, 0.6) is 0 Å². The summed E-state index contributed by atoms with van der Waals surface area (Å²) in [6.07, 6.45) is -4.48. The molecule has 2 heterocycles. The smallest absolute Gasteiger partial charge is 0.314 e. The molecule has 1 saturated heterocycles. The first-order chi connectivity index (χ1) is 11.0. The van der Waals surface area contributed by atoms with Crippen LogP contribution in [0.2, 0.25) is 0 Å². The molecule has 0 radical (unpaired) electrons. The minimum absolute atomic E-state index is 0. The number of piperazine rings is 1. The van der Waals surface area contributed by atoms with E-state index in [-0.39, 0.29) is 18.0 Å². The van der Waals surface area contributed by atoms with Gasteiger partial charge in [-0.15, -0.1) is 12.4 Å². The van der Waals surface area contributed by atoms with Gasteiger partial charge in [0.15, 0.2) is 0 Å². The van der Waals surface area contributed by atoms with E-state index in [0.717, 1.165) is 36.9 Å². The topological polar surface area (TPSA) is 15.3 Å². The molecule has 1 fully saturated rings. The van der Waals surface area contributed by atoms with E-state index in [1.54, 1.807) is 0 Å². The molecule has 2 aromatic rings. The lowest BCUT2D eigenvalue weighted by molar-refractivity contribution is -0.137. The van der Waals surface area contributed by atoms with Crippen molar-refractivity contribution in [2.24, 2.45) is 0 Å². The zero-order valence-corrected chi connectivity index (χ0v) is 14.3. The number of hydrogen-bond donors (Lipinski definition) is 1. The van der Waals surface area contributed by atoms with Crippen molar-refractivity contribution in [2.45, 2.75) is 12.2 Å². The van der Waals surface area contributed by atoms with Crippen molar-refractivity contribution in [3.05, 3.63) is 57.5 Å². The highest BCUT2D eigenvalue weighted by Gasteiger charge is 2.33. The van der Waals surface area contributed by atoms with Gasteiger partial charge in [-0.05, 0) is 40.6 Å². The maximum atomic E-state index is 14.3. The summed E-state index contributed by atoms with van der Waals surface area (Å²) < 4.78 is 53.4. The standard InChI is InChI=1S/C16H16F4N2S.ClH/c17-14-2-1-12(16(18,19)20)9-13(14)15(11-3-8-23-10-11)22-6-4-21-5-7-22;/h1-3,8-10,15,21H,4-7H2;1H/t15-;/m1./s1. The Hall–Kier alpha value is -1.15. The van der Waals surface area contributed by atoms with E-state index in [2.05, 4.69) is 5.32 Å². The van der Waals surface area contributed by atoms with Crippen LogP contribution in [0.15, 0.2) is 35.0 Å². The normalized spacial score (nSPS) is 17.3. The summed E-state index contributed by atoms with van der Waals surface area (Å²) in [7, 11) is 0. The molecule has 1 aromatic carbocycles. The summed E-state index contributed by atoms with van der Waals surface area (Å²) in [6.45, 7) is 2.80. The Morgan fingerprint density at radius 2 is 1.83 bits per heavy atom. The highest BCUT2D eigenvalue weighted by atomic mass is 35.5. The number of nitrogens with zero attached hydrogens (tertiary/aromatic N) is 1. The molecule has 3 rings (SSSR count). The maximum Gasteiger partial charge on any atom is 0.416 e. The predicted molar refractivity (Wildman–Crippen MR) is 89.3 cm³/mol. The van der Waals surface area contributed by atoms with E-state index in [0.29, 0.717) is 13.1 Å². The summed E-state index contributed by atoms with van der Waals surface area (Å²) in [5.74, 6) is -0.604. The van der Waals surface area contributed by atoms with Crippen LogP contribution in [0.25, 0.3) is 0 Å². The monoisotopic (exact) mass is 380 g/mol. The Kier molecular flexibility index (Phi) is 6.25. The molecule has 0 unspecified atom stereocenters. The second-order valence-corrected chi connectivity index (χ2v) is 6.26. The van der Waals surface area contributed by atoms with Crippen LogP contribution < -0.4 is 5.32 Å². The average molecular weight is 381 g/mol. The highest BCUT2D eigenvalue weighted by molar-refractivity contribution is 7.08. The maximum absolute atomic E-state index is 14.3. The van der Waals surface area contributed by atoms with Crippen molar-refractivity contribution in [3.8, 4) is 0 Å². The summed E-state index contributed by atoms with van der Waals surface area (Å²) in [4.78, 5) is 2.02. The van der Waals surface area contributed by atoms with Crippen molar-refractivity contribution < 1.29 is 17.6 Å². The zero-order chi connectivity index (χ0) is 16.4. The van der Waals surface area contributed by atoms with E-state index < -0.39 is 23.6 Å². The average Bonchev–Trinajstić information content (AvgIpc) is 3.03. The van der Waals surface area contributed by atoms with Crippen molar-refractivity contribution in [2.75, 3.05) is 26.2 Å². The number of rotatable bonds is 3. The third-order valence-electron chi connectivity index (χ3n) is 3.99. The van der Waals surface area contributed by atoms with Crippen LogP contribution in [-0.2, 0) is 6.18 Å². The molecule has 1 aliphatic heterocycles. The SMILES string of the molecule is Cl.Fc1ccc(C(F)(F)F)cc1[C@@H](c1ccsc1)N1CCNCC1. The van der Waals surface area contributed by atoms with E-state index >= 15 is 0 Å². The molecule has 0 aliphatic carbocycles. The van der Waals surface area contributed by atoms with Gasteiger partial charge in [-0.25, -0.2) is 4.39 Å². The van der Waals surface area contributed by atoms with E-state index in [1.807, 2.05) is 21.7 Å². The number of hydrogen-bond acceptors (Lipinski definition) is 3. The number of halogens is 5. The van der Waals surface area contributed by atoms with E-state index in [4.69, 9.17) is 0 Å². The second kappa shape index (κ2) is 7.82. The van der Waals surface area contributed by atoms with Gasteiger partial charge in [0.25, 0.3) is 0 Å². The molecule has 1 atom stereocenters. The third-order valence-corrected chi connectivity index (χ3v) is 4.70. The fraction of sp³-hybridized carbons (Fsp3) is 0.375. The van der Waals surface area contributed by atoms with Gasteiger partial charge >= 0.3 is 6.18 Å². The molecule has 8 heteroatoms. The van der Waals surface area contributed by atoms with Crippen molar-refractivity contribution in [3.63, 3.8) is 0 Å². The molecular formula is C16H17ClF4N2S. The van der Waals surface area contributed by atoms with Gasteiger partial charge < -0.3 is 5.32 Å². The van der Waals surface area contributed by atoms with E-state index in [9.17, 15) is 17.6 Å². The number of benzene rings is 1. The minimum atomic E-state index is -4.48. The molecule has 0 spiro atoms. The third kappa shape index (κ3) is 4.08. The first-order valence-corrected chi connectivity index (χ1v) is 8.24. The Labute approximate surface area is 147 Å². The minimum Gasteiger partial charge on any atom is -0.314 e. The Morgan fingerprint density at radius 3 is 2.42 bits per heavy atom. The van der Waals surface area contributed by atoms with Crippen molar-refractivity contribution in [1.29, 1.82) is 0 Å². The fourth-order valence-corrected chi connectivity index (χ4v) is 3.57. The molecule has 0 amide bonds. The van der Waals surface area contributed by atoms with Crippen LogP contribution in [-0.4, -0.2) is 31.1 Å². The summed E-state index contributed by atoms with van der Waals surface area (Å²) in [5, 5.41) is 6.93. The molecule has 1 aromatic heterocycles. The molecular weight excluding hydrogens is 364 g/mol. The van der Waals surface area contributed by atoms with Crippen molar-refractivity contribution in [1.82, 2.24) is 10.2 Å². The Morgan fingerprint density at radius 1 is 1.12 bits per heavy atom. The molecule has 1 aliphatic rings. The fourth-order valence-electron chi connectivity index (χ4n) is 2.89. The number of nitrogens with one attached hydrogen (secondary N) is 1. The quantitative estimate of drug-likeness (QED) is 0.798. The Balaban J connectivity index is 0.00000208. The van der Waals surface area contributed by atoms with Crippen LogP contribution in [0.1, 0.15) is 22.7 Å². The van der Waals surface area contributed by atoms with Gasteiger partial charge in [-0.1, -0.05) is 0 Å². The number of alkyl halides is 3. The van der Waals surface area contributed by atoms with Crippen LogP contribution >= 0.6 is 23.7 Å². The summed E-state index contributed by atoms with van der Waals surface area (Å²) in [6, 6.07) is 4.00. The van der Waals surface area contributed by atoms with Gasteiger partial charge in [-0.3, -0.25) is 4.90 Å². The molecule has 2 nitrogen and oxygen atoms in total. The molecule has 24 heavy (non-hydrogen) atoms. The first kappa shape index (κ1) is 19.2. The zero-order valence-electron chi connectivity index (χ0n) is 12.6. The predicted octanol–water partition coefficient (Wildman–Crippen LogP) is 4.32. The second-order valence-electron chi connectivity index (χ2n) is 5.48. The van der Waals surface area contributed by atoms with Crippen LogP contribution in [0.4, 0.5) is 17.6 Å². The lowest BCUT2D eigenvalue weighted by Crippen LogP contribution is -2.45. The lowest BCUT2D eigenvalue weighted by atomic mass is 9.96. The van der Waals surface area contributed by atoms with Gasteiger partial charge in [0.2, 0.25) is 0 Å². The van der Waals surface area contributed by atoms with Gasteiger partial charge in [0, 0.05) is 31.7 Å². The van der Waals surface area contributed by atoms with Crippen LogP contribution in [0, 0.1) is 5.82 Å². The molecule has 0 saturated carbocycles. The molecule has 132 valence electrons. The lowest BCUT2D eigenvalue weighted by Gasteiger charge is -2.35. The molecule has 1 N–H and O–H groups in total. The van der Waals surface area contributed by atoms with Gasteiger partial charge in [0.1, 0.15) is 5.82 Å². The van der Waals surface area contributed by atoms with Gasteiger partial charge in [-0.2, -0.15) is 24.5 Å². The van der Waals surface area contributed by atoms with Crippen molar-refractivity contribution >= 4 is 23.7 Å². The highest BCUT2D eigenvalue weighted by Crippen LogP contribution is 2.36. The summed E-state index contributed by atoms with van der Waals surface area (Å²) in [5.41, 5.74) is 0.0968. The largest absolute Gasteiger partial charge is 0.416 e. The van der Waals surface area contributed by atoms with Gasteiger partial charge in [0.05, 0.1) is 11.6 Å². The van der Waals surface area contributed by atoms with Crippen LogP contribution in [0.3, 0.4) is 0 Å². The first-order valence-electron chi connectivity index (χ1n) is 7.30. The van der Waals surface area contributed by atoms with E-state index in [1.165, 1.54) is 11.3 Å². The molecule has 0 bridgehead atoms. The number of thiophene rings is 1. The Bertz CT molecular complexity index is 655. The summed E-state index contributed by atoms with van der Waals surface area (Å²) >= 11 is 1.46.